The van der Waals surface area contributed by atoms with Crippen molar-refractivity contribution in [3.05, 3.63) is 0 Å². The van der Waals surface area contributed by atoms with E-state index in [0.29, 0.717) is 13.0 Å². The van der Waals surface area contributed by atoms with Gasteiger partial charge in [0.2, 0.25) is 11.8 Å². The fourth-order valence-electron chi connectivity index (χ4n) is 1.03. The Morgan fingerprint density at radius 1 is 1.33 bits per heavy atom. The summed E-state index contributed by atoms with van der Waals surface area (Å²) in [5, 5.41) is 2.44. The quantitative estimate of drug-likeness (QED) is 0.384. The molecule has 6 heteroatoms. The molecule has 0 saturated carbocycles. The van der Waals surface area contributed by atoms with Crippen LogP contribution in [0.25, 0.3) is 0 Å². The van der Waals surface area contributed by atoms with E-state index < -0.39 is 18.0 Å². The van der Waals surface area contributed by atoms with Crippen LogP contribution in [0.15, 0.2) is 0 Å². The first-order valence-corrected chi connectivity index (χ1v) is 5.04. The van der Waals surface area contributed by atoms with E-state index in [1.54, 1.807) is 0 Å². The van der Waals surface area contributed by atoms with Gasteiger partial charge in [0, 0.05) is 0 Å². The highest BCUT2D eigenvalue weighted by atomic mass is 16.2. The molecule has 0 radical (unpaired) electrons. The van der Waals surface area contributed by atoms with Crippen LogP contribution in [-0.2, 0) is 9.59 Å². The maximum atomic E-state index is 11.4. The molecule has 0 aromatic heterocycles. The van der Waals surface area contributed by atoms with Crippen LogP contribution in [0.5, 0.6) is 0 Å². The molecule has 0 spiro atoms. The Bertz CT molecular complexity index is 220. The van der Waals surface area contributed by atoms with Crippen LogP contribution in [0.1, 0.15) is 26.2 Å². The van der Waals surface area contributed by atoms with Crippen molar-refractivity contribution in [3.8, 4) is 0 Å². The van der Waals surface area contributed by atoms with Gasteiger partial charge in [-0.25, -0.2) is 0 Å². The van der Waals surface area contributed by atoms with Gasteiger partial charge in [-0.05, 0) is 26.3 Å². The average Bonchev–Trinajstić information content (AvgIpc) is 2.17. The summed E-state index contributed by atoms with van der Waals surface area (Å²) in [4.78, 5) is 22.0. The van der Waals surface area contributed by atoms with Crippen molar-refractivity contribution in [1.29, 1.82) is 0 Å². The minimum absolute atomic E-state index is 0.349. The first kappa shape index (κ1) is 13.9. The highest BCUT2D eigenvalue weighted by Gasteiger charge is 2.17. The number of carbonyl (C=O) groups is 2. The van der Waals surface area contributed by atoms with Crippen LogP contribution in [0.4, 0.5) is 0 Å². The molecule has 0 saturated heterocycles. The lowest BCUT2D eigenvalue weighted by Crippen LogP contribution is -2.48. The number of amides is 2. The highest BCUT2D eigenvalue weighted by molar-refractivity contribution is 5.88. The van der Waals surface area contributed by atoms with Crippen LogP contribution in [0.3, 0.4) is 0 Å². The molecule has 6 nitrogen and oxygen atoms in total. The first-order valence-electron chi connectivity index (χ1n) is 5.04. The smallest absolute Gasteiger partial charge is 0.239 e. The van der Waals surface area contributed by atoms with E-state index in [9.17, 15) is 9.59 Å². The molecule has 88 valence electrons. The zero-order valence-corrected chi connectivity index (χ0v) is 9.03. The molecule has 0 aliphatic heterocycles. The Labute approximate surface area is 89.6 Å². The summed E-state index contributed by atoms with van der Waals surface area (Å²) in [6.07, 6.45) is 2.21. The van der Waals surface area contributed by atoms with Crippen LogP contribution < -0.4 is 22.5 Å². The molecule has 2 unspecified atom stereocenters. The lowest BCUT2D eigenvalue weighted by atomic mass is 10.1. The number of unbranched alkanes of at least 4 members (excludes halogenated alkanes) is 1. The van der Waals surface area contributed by atoms with Gasteiger partial charge >= 0.3 is 0 Å². The Hall–Kier alpha value is -1.14. The van der Waals surface area contributed by atoms with Crippen molar-refractivity contribution in [2.75, 3.05) is 6.54 Å². The summed E-state index contributed by atoms with van der Waals surface area (Å²) in [5.41, 5.74) is 15.9. The second-order valence-corrected chi connectivity index (χ2v) is 3.52. The zero-order chi connectivity index (χ0) is 11.8. The van der Waals surface area contributed by atoms with Gasteiger partial charge in [-0.1, -0.05) is 6.42 Å². The number of hydrogen-bond acceptors (Lipinski definition) is 4. The zero-order valence-electron chi connectivity index (χ0n) is 9.03. The first-order chi connectivity index (χ1) is 6.99. The molecule has 2 atom stereocenters. The summed E-state index contributed by atoms with van der Waals surface area (Å²) in [6, 6.07) is -1.28. The number of rotatable bonds is 7. The molecule has 0 aliphatic rings. The van der Waals surface area contributed by atoms with Gasteiger partial charge in [0.15, 0.2) is 0 Å². The van der Waals surface area contributed by atoms with Crippen LogP contribution in [0.2, 0.25) is 0 Å². The van der Waals surface area contributed by atoms with Crippen molar-refractivity contribution in [3.63, 3.8) is 0 Å². The summed E-state index contributed by atoms with van der Waals surface area (Å²) < 4.78 is 0. The van der Waals surface area contributed by atoms with E-state index >= 15 is 0 Å². The lowest BCUT2D eigenvalue weighted by molar-refractivity contribution is -0.127. The summed E-state index contributed by atoms with van der Waals surface area (Å²) in [6.45, 7) is 2.11. The number of nitrogens with two attached hydrogens (primary N) is 3. The molecule has 0 bridgehead atoms. The van der Waals surface area contributed by atoms with Gasteiger partial charge in [0.1, 0.15) is 6.04 Å². The minimum Gasteiger partial charge on any atom is -0.368 e. The monoisotopic (exact) mass is 216 g/mol. The molecule has 2 amide bonds. The van der Waals surface area contributed by atoms with Crippen LogP contribution in [0, 0.1) is 0 Å². The standard InChI is InChI=1S/C9H20N4O2/c1-6(8(12)14)13-9(15)7(11)4-2-3-5-10/h6-7H,2-5,10-11H2,1H3,(H2,12,14)(H,13,15). The van der Waals surface area contributed by atoms with E-state index in [1.165, 1.54) is 6.92 Å². The maximum Gasteiger partial charge on any atom is 0.239 e. The highest BCUT2D eigenvalue weighted by Crippen LogP contribution is 1.98. The third kappa shape index (κ3) is 6.03. The van der Waals surface area contributed by atoms with Gasteiger partial charge in [-0.15, -0.1) is 0 Å². The molecule has 0 aromatic carbocycles. The van der Waals surface area contributed by atoms with Crippen molar-refractivity contribution in [2.24, 2.45) is 17.2 Å². The molecule has 0 heterocycles. The van der Waals surface area contributed by atoms with Crippen molar-refractivity contribution >= 4 is 11.8 Å². The number of nitrogens with one attached hydrogen (secondary N) is 1. The predicted octanol–water partition coefficient (Wildman–Crippen LogP) is -1.57. The van der Waals surface area contributed by atoms with Crippen molar-refractivity contribution in [2.45, 2.75) is 38.3 Å². The van der Waals surface area contributed by atoms with Gasteiger partial charge in [-0.2, -0.15) is 0 Å². The van der Waals surface area contributed by atoms with Gasteiger partial charge in [0.25, 0.3) is 0 Å². The van der Waals surface area contributed by atoms with Gasteiger partial charge < -0.3 is 22.5 Å². The molecular formula is C9H20N4O2. The van der Waals surface area contributed by atoms with Gasteiger partial charge in [0.05, 0.1) is 6.04 Å². The maximum absolute atomic E-state index is 11.4. The number of hydrogen-bond donors (Lipinski definition) is 4. The average molecular weight is 216 g/mol. The fourth-order valence-corrected chi connectivity index (χ4v) is 1.03. The van der Waals surface area contributed by atoms with Crippen LogP contribution >= 0.6 is 0 Å². The Balaban J connectivity index is 3.83. The van der Waals surface area contributed by atoms with Crippen molar-refractivity contribution < 1.29 is 9.59 Å². The SMILES string of the molecule is CC(NC(=O)C(N)CCCCN)C(N)=O. The minimum atomic E-state index is -0.682. The molecule has 7 N–H and O–H groups in total. The van der Waals surface area contributed by atoms with E-state index in [1.807, 2.05) is 0 Å². The van der Waals surface area contributed by atoms with E-state index in [4.69, 9.17) is 17.2 Å². The second kappa shape index (κ2) is 7.19. The predicted molar refractivity (Wildman–Crippen MR) is 57.7 cm³/mol. The van der Waals surface area contributed by atoms with E-state index in [-0.39, 0.29) is 5.91 Å². The van der Waals surface area contributed by atoms with Crippen molar-refractivity contribution in [1.82, 2.24) is 5.32 Å². The van der Waals surface area contributed by atoms with Gasteiger partial charge in [-0.3, -0.25) is 9.59 Å². The molecule has 15 heavy (non-hydrogen) atoms. The molecule has 0 aliphatic carbocycles. The Kier molecular flexibility index (Phi) is 6.64. The normalized spacial score (nSPS) is 14.3. The molecular weight excluding hydrogens is 196 g/mol. The second-order valence-electron chi connectivity index (χ2n) is 3.52. The fraction of sp³-hybridized carbons (Fsp3) is 0.778. The lowest BCUT2D eigenvalue weighted by Gasteiger charge is -2.14. The Morgan fingerprint density at radius 2 is 1.93 bits per heavy atom. The molecule has 0 rings (SSSR count). The molecule has 0 fully saturated rings. The topological polar surface area (TPSA) is 124 Å². The third-order valence-corrected chi connectivity index (χ3v) is 2.09. The van der Waals surface area contributed by atoms with Crippen LogP contribution in [-0.4, -0.2) is 30.4 Å². The van der Waals surface area contributed by atoms with E-state index in [0.717, 1.165) is 12.8 Å². The number of carbonyl (C=O) groups excluding carboxylic acids is 2. The summed E-state index contributed by atoms with van der Waals surface area (Å²) >= 11 is 0. The van der Waals surface area contributed by atoms with E-state index in [2.05, 4.69) is 5.32 Å². The largest absolute Gasteiger partial charge is 0.368 e. The Morgan fingerprint density at radius 3 is 2.40 bits per heavy atom. The summed E-state index contributed by atoms with van der Waals surface area (Å²) in [7, 11) is 0. The third-order valence-electron chi connectivity index (χ3n) is 2.09. The molecule has 0 aromatic rings. The number of primary amides is 1. The summed E-state index contributed by atoms with van der Waals surface area (Å²) in [5.74, 6) is -0.921.